The van der Waals surface area contributed by atoms with Gasteiger partial charge in [0.25, 0.3) is 11.6 Å². The molecule has 1 atom stereocenters. The first-order chi connectivity index (χ1) is 15.4. The molecule has 1 fully saturated rings. The predicted octanol–water partition coefficient (Wildman–Crippen LogP) is 3.12. The van der Waals surface area contributed by atoms with Gasteiger partial charge in [-0.25, -0.2) is 0 Å². The smallest absolute Gasteiger partial charge is 0.293 e. The van der Waals surface area contributed by atoms with E-state index in [0.29, 0.717) is 11.4 Å². The Kier molecular flexibility index (Phi) is 6.25. The fourth-order valence-electron chi connectivity index (χ4n) is 4.16. The number of nitrogens with zero attached hydrogens (tertiary/aromatic N) is 3. The molecule has 0 saturated carbocycles. The van der Waals surface area contributed by atoms with E-state index >= 15 is 0 Å². The Balaban J connectivity index is 1.51. The van der Waals surface area contributed by atoms with Crippen molar-refractivity contribution in [2.75, 3.05) is 36.4 Å². The van der Waals surface area contributed by atoms with Crippen molar-refractivity contribution in [2.45, 2.75) is 32.3 Å². The first-order valence-electron chi connectivity index (χ1n) is 10.8. The van der Waals surface area contributed by atoms with Gasteiger partial charge in [0.15, 0.2) is 6.10 Å². The van der Waals surface area contributed by atoms with E-state index in [2.05, 4.69) is 5.32 Å². The number of nitro groups is 1. The highest BCUT2D eigenvalue weighted by Crippen LogP contribution is 2.34. The van der Waals surface area contributed by atoms with E-state index in [1.165, 1.54) is 12.1 Å². The first-order valence-corrected chi connectivity index (χ1v) is 10.8. The van der Waals surface area contributed by atoms with Crippen LogP contribution in [-0.4, -0.2) is 53.9 Å². The molecule has 2 amide bonds. The molecule has 2 aliphatic rings. The van der Waals surface area contributed by atoms with Gasteiger partial charge in [0.2, 0.25) is 5.91 Å². The van der Waals surface area contributed by atoms with Crippen LogP contribution in [0.15, 0.2) is 42.5 Å². The molecule has 0 bridgehead atoms. The number of fused-ring (bicyclic) bond motifs is 1. The second kappa shape index (κ2) is 9.25. The molecule has 2 aromatic rings. The third-order valence-corrected chi connectivity index (χ3v) is 5.76. The van der Waals surface area contributed by atoms with E-state index < -0.39 is 16.9 Å². The highest BCUT2D eigenvalue weighted by Gasteiger charge is 2.34. The summed E-state index contributed by atoms with van der Waals surface area (Å²) in [5.74, 6) is 0.0693. The van der Waals surface area contributed by atoms with Gasteiger partial charge >= 0.3 is 0 Å². The first kappa shape index (κ1) is 21.6. The Bertz CT molecular complexity index is 1030. The lowest BCUT2D eigenvalue weighted by molar-refractivity contribution is -0.384. The topological polar surface area (TPSA) is 105 Å². The molecule has 2 aliphatic heterocycles. The Hall–Kier alpha value is -3.62. The van der Waals surface area contributed by atoms with Gasteiger partial charge in [0, 0.05) is 19.2 Å². The number of likely N-dealkylation sites (tertiary alicyclic amines) is 1. The van der Waals surface area contributed by atoms with E-state index in [-0.39, 0.29) is 30.4 Å². The summed E-state index contributed by atoms with van der Waals surface area (Å²) in [6.07, 6.45) is 2.38. The van der Waals surface area contributed by atoms with Crippen LogP contribution in [0.5, 0.6) is 5.75 Å². The summed E-state index contributed by atoms with van der Waals surface area (Å²) in [6.45, 7) is 3.36. The summed E-state index contributed by atoms with van der Waals surface area (Å²) >= 11 is 0. The zero-order valence-electron chi connectivity index (χ0n) is 18.0. The van der Waals surface area contributed by atoms with Gasteiger partial charge in [-0.1, -0.05) is 18.2 Å². The van der Waals surface area contributed by atoms with Crippen molar-refractivity contribution in [1.82, 2.24) is 4.90 Å². The fourth-order valence-corrected chi connectivity index (χ4v) is 4.16. The quantitative estimate of drug-likeness (QED) is 0.568. The van der Waals surface area contributed by atoms with Crippen molar-refractivity contribution < 1.29 is 19.2 Å². The van der Waals surface area contributed by atoms with Crippen LogP contribution in [0, 0.1) is 17.0 Å². The van der Waals surface area contributed by atoms with Gasteiger partial charge in [-0.2, -0.15) is 0 Å². The predicted molar refractivity (Wildman–Crippen MR) is 120 cm³/mol. The lowest BCUT2D eigenvalue weighted by atomic mass is 10.1. The zero-order chi connectivity index (χ0) is 22.7. The number of anilines is 2. The van der Waals surface area contributed by atoms with Crippen LogP contribution in [0.3, 0.4) is 0 Å². The number of rotatable bonds is 5. The second-order valence-corrected chi connectivity index (χ2v) is 8.17. The number of amides is 2. The van der Waals surface area contributed by atoms with Crippen LogP contribution in [0.2, 0.25) is 0 Å². The van der Waals surface area contributed by atoms with Crippen LogP contribution in [0.25, 0.3) is 0 Å². The number of ether oxygens (including phenoxy) is 1. The highest BCUT2D eigenvalue weighted by atomic mass is 16.6. The average molecular weight is 438 g/mol. The maximum absolute atomic E-state index is 13.0. The average Bonchev–Trinajstić information content (AvgIpc) is 2.80. The van der Waals surface area contributed by atoms with E-state index in [1.807, 2.05) is 23.1 Å². The Labute approximate surface area is 186 Å². The lowest BCUT2D eigenvalue weighted by Crippen LogP contribution is -2.52. The maximum atomic E-state index is 13.0. The molecule has 0 spiro atoms. The molecule has 1 saturated heterocycles. The van der Waals surface area contributed by atoms with Gasteiger partial charge in [0.1, 0.15) is 11.4 Å². The monoisotopic (exact) mass is 438 g/mol. The summed E-state index contributed by atoms with van der Waals surface area (Å²) in [6, 6.07) is 11.9. The number of nitrogens with one attached hydrogen (secondary N) is 1. The lowest BCUT2D eigenvalue weighted by Gasteiger charge is -2.38. The Morgan fingerprint density at radius 1 is 1.16 bits per heavy atom. The minimum absolute atomic E-state index is 0.0603. The number of para-hydroxylation sites is 2. The number of nitro benzene ring substituents is 1. The summed E-state index contributed by atoms with van der Waals surface area (Å²) < 4.78 is 5.99. The Morgan fingerprint density at radius 2 is 1.91 bits per heavy atom. The van der Waals surface area contributed by atoms with Gasteiger partial charge in [-0.3, -0.25) is 19.7 Å². The molecular weight excluding hydrogens is 412 g/mol. The number of aryl methyl sites for hydroxylation is 1. The molecule has 0 aromatic heterocycles. The SMILES string of the molecule is Cc1ccc(NC(=O)CN2C[C@H](C(=O)N3CCCCC3)Oc3ccccc32)c([N+](=O)[O-])c1. The van der Waals surface area contributed by atoms with Gasteiger partial charge < -0.3 is 19.9 Å². The van der Waals surface area contributed by atoms with E-state index in [0.717, 1.165) is 37.9 Å². The number of carbonyl (C=O) groups is 2. The minimum atomic E-state index is -0.704. The van der Waals surface area contributed by atoms with E-state index in [1.54, 1.807) is 24.0 Å². The molecular formula is C23H26N4O5. The van der Waals surface area contributed by atoms with Crippen molar-refractivity contribution in [2.24, 2.45) is 0 Å². The van der Waals surface area contributed by atoms with E-state index in [9.17, 15) is 19.7 Å². The van der Waals surface area contributed by atoms with Gasteiger partial charge in [0.05, 0.1) is 23.7 Å². The maximum Gasteiger partial charge on any atom is 0.293 e. The van der Waals surface area contributed by atoms with Crippen LogP contribution < -0.4 is 15.0 Å². The van der Waals surface area contributed by atoms with Crippen molar-refractivity contribution >= 4 is 28.9 Å². The molecule has 2 heterocycles. The molecule has 0 radical (unpaired) electrons. The third-order valence-electron chi connectivity index (χ3n) is 5.76. The number of hydrogen-bond donors (Lipinski definition) is 1. The third kappa shape index (κ3) is 4.66. The molecule has 1 N–H and O–H groups in total. The molecule has 2 aromatic carbocycles. The minimum Gasteiger partial charge on any atom is -0.477 e. The number of piperidine rings is 1. The largest absolute Gasteiger partial charge is 0.477 e. The van der Waals surface area contributed by atoms with Crippen molar-refractivity contribution in [3.05, 3.63) is 58.1 Å². The van der Waals surface area contributed by atoms with Crippen LogP contribution in [0.1, 0.15) is 24.8 Å². The number of hydrogen-bond acceptors (Lipinski definition) is 6. The zero-order valence-corrected chi connectivity index (χ0v) is 18.0. The summed E-state index contributed by atoms with van der Waals surface area (Å²) in [4.78, 5) is 40.3. The van der Waals surface area contributed by atoms with Gasteiger partial charge in [-0.05, 0) is 49.9 Å². The number of benzene rings is 2. The van der Waals surface area contributed by atoms with Crippen molar-refractivity contribution in [3.63, 3.8) is 0 Å². The number of carbonyl (C=O) groups excluding carboxylic acids is 2. The standard InChI is InChI=1S/C23H26N4O5/c1-16-9-10-17(19(13-16)27(30)31)24-22(28)15-26-14-21(23(29)25-11-5-2-6-12-25)32-20-8-4-3-7-18(20)26/h3-4,7-10,13,21H,2,5-6,11-12,14-15H2,1H3,(H,24,28)/t21-/m1/s1. The summed E-state index contributed by atoms with van der Waals surface area (Å²) in [5, 5.41) is 14.0. The van der Waals surface area contributed by atoms with Gasteiger partial charge in [-0.15, -0.1) is 0 Å². The molecule has 9 nitrogen and oxygen atoms in total. The molecule has 9 heteroatoms. The molecule has 0 unspecified atom stereocenters. The summed E-state index contributed by atoms with van der Waals surface area (Å²) in [5.41, 5.74) is 1.44. The van der Waals surface area contributed by atoms with Crippen LogP contribution >= 0.6 is 0 Å². The Morgan fingerprint density at radius 3 is 2.66 bits per heavy atom. The normalized spacial score (nSPS) is 17.8. The second-order valence-electron chi connectivity index (χ2n) is 8.17. The molecule has 0 aliphatic carbocycles. The molecule has 32 heavy (non-hydrogen) atoms. The summed E-state index contributed by atoms with van der Waals surface area (Å²) in [7, 11) is 0. The van der Waals surface area contributed by atoms with Crippen molar-refractivity contribution in [1.29, 1.82) is 0 Å². The van der Waals surface area contributed by atoms with E-state index in [4.69, 9.17) is 4.74 Å². The van der Waals surface area contributed by atoms with Crippen LogP contribution in [0.4, 0.5) is 17.1 Å². The highest BCUT2D eigenvalue weighted by molar-refractivity contribution is 5.96. The van der Waals surface area contributed by atoms with Crippen molar-refractivity contribution in [3.8, 4) is 5.75 Å². The van der Waals surface area contributed by atoms with Crippen LogP contribution in [-0.2, 0) is 9.59 Å². The fraction of sp³-hybridized carbons (Fsp3) is 0.391. The molecule has 168 valence electrons. The molecule has 4 rings (SSSR count).